The summed E-state index contributed by atoms with van der Waals surface area (Å²) in [5, 5.41) is 5.16. The summed E-state index contributed by atoms with van der Waals surface area (Å²) in [6.07, 6.45) is 18.6. The molecule has 5 heteroatoms. The highest BCUT2D eigenvalue weighted by molar-refractivity contribution is 8.02. The van der Waals surface area contributed by atoms with E-state index in [-0.39, 0.29) is 5.91 Å². The molecule has 3 rings (SSSR count). The fraction of sp³-hybridized carbons (Fsp3) is 0.531. The third kappa shape index (κ3) is 12.6. The number of nitrogens with zero attached hydrogens (tertiary/aromatic N) is 1. The minimum Gasteiger partial charge on any atom is -0.494 e. The lowest BCUT2D eigenvalue weighted by atomic mass is 10.1. The number of ether oxygens (including phenoxy) is 1. The lowest BCUT2D eigenvalue weighted by Gasteiger charge is -2.15. The van der Waals surface area contributed by atoms with Crippen molar-refractivity contribution in [2.24, 2.45) is 0 Å². The van der Waals surface area contributed by atoms with Crippen molar-refractivity contribution in [3.8, 4) is 5.75 Å². The van der Waals surface area contributed by atoms with Crippen LogP contribution < -0.4 is 10.1 Å². The molecule has 0 bridgehead atoms. The van der Waals surface area contributed by atoms with Crippen molar-refractivity contribution in [3.63, 3.8) is 0 Å². The third-order valence-corrected chi connectivity index (χ3v) is 7.53. The molecule has 0 aliphatic carbocycles. The van der Waals surface area contributed by atoms with E-state index >= 15 is 0 Å². The first-order valence-corrected chi connectivity index (χ1v) is 15.4. The predicted molar refractivity (Wildman–Crippen MR) is 159 cm³/mol. The summed E-state index contributed by atoms with van der Waals surface area (Å²) in [5.74, 6) is 1.83. The number of unbranched alkanes of at least 4 members (excludes halogenated alkanes) is 11. The minimum absolute atomic E-state index is 0.00752. The van der Waals surface area contributed by atoms with Gasteiger partial charge in [0.25, 0.3) is 0 Å². The van der Waals surface area contributed by atoms with Crippen molar-refractivity contribution >= 4 is 23.4 Å². The van der Waals surface area contributed by atoms with Crippen LogP contribution in [-0.2, 0) is 17.8 Å². The van der Waals surface area contributed by atoms with Gasteiger partial charge in [-0.05, 0) is 47.2 Å². The Balaban J connectivity index is 1.27. The van der Waals surface area contributed by atoms with Crippen LogP contribution >= 0.6 is 11.8 Å². The number of nitrogens with one attached hydrogen (secondary N) is 1. The van der Waals surface area contributed by atoms with Crippen LogP contribution in [0.25, 0.3) is 0 Å². The molecule has 0 spiro atoms. The molecule has 0 saturated carbocycles. The summed E-state index contributed by atoms with van der Waals surface area (Å²) in [5.41, 5.74) is 3.01. The summed E-state index contributed by atoms with van der Waals surface area (Å²) < 4.78 is 5.97. The minimum atomic E-state index is -0.00752. The fourth-order valence-electron chi connectivity index (χ4n) is 4.66. The van der Waals surface area contributed by atoms with E-state index in [2.05, 4.69) is 40.9 Å². The second kappa shape index (κ2) is 18.0. The van der Waals surface area contributed by atoms with Gasteiger partial charge in [0, 0.05) is 18.4 Å². The Labute approximate surface area is 229 Å². The molecule has 0 aromatic heterocycles. The van der Waals surface area contributed by atoms with Crippen LogP contribution in [0.15, 0.2) is 60.1 Å². The Bertz CT molecular complexity index is 946. The van der Waals surface area contributed by atoms with E-state index < -0.39 is 0 Å². The topological polar surface area (TPSA) is 41.6 Å². The third-order valence-electron chi connectivity index (χ3n) is 6.73. The molecule has 4 nitrogen and oxygen atoms in total. The first-order chi connectivity index (χ1) is 18.2. The van der Waals surface area contributed by atoms with Gasteiger partial charge in [-0.2, -0.15) is 0 Å². The van der Waals surface area contributed by atoms with E-state index in [1.54, 1.807) is 11.8 Å². The van der Waals surface area contributed by atoms with Crippen molar-refractivity contribution in [1.82, 2.24) is 4.90 Å². The SMILES string of the molecule is CCCCCCCCCCCCCCOc1cccc(CC(=O)Nc2cccc(CN3C=CSC3)c2)c1. The summed E-state index contributed by atoms with van der Waals surface area (Å²) in [4.78, 5) is 14.9. The van der Waals surface area contributed by atoms with E-state index in [0.29, 0.717) is 6.42 Å². The van der Waals surface area contributed by atoms with E-state index in [9.17, 15) is 4.79 Å². The maximum atomic E-state index is 12.7. The molecule has 0 atom stereocenters. The van der Waals surface area contributed by atoms with Crippen LogP contribution in [0.2, 0.25) is 0 Å². The van der Waals surface area contributed by atoms with Gasteiger partial charge in [0.1, 0.15) is 5.75 Å². The average molecular weight is 523 g/mol. The number of rotatable bonds is 19. The van der Waals surface area contributed by atoms with Crippen LogP contribution in [0.1, 0.15) is 95.1 Å². The lowest BCUT2D eigenvalue weighted by molar-refractivity contribution is -0.115. The van der Waals surface area contributed by atoms with Gasteiger partial charge < -0.3 is 15.0 Å². The highest BCUT2D eigenvalue weighted by Crippen LogP contribution is 2.20. The molecule has 0 radical (unpaired) electrons. The monoisotopic (exact) mass is 522 g/mol. The van der Waals surface area contributed by atoms with Crippen molar-refractivity contribution in [2.75, 3.05) is 17.8 Å². The molecule has 1 aliphatic rings. The molecule has 0 unspecified atom stereocenters. The molecular formula is C32H46N2O2S. The molecule has 0 fully saturated rings. The normalized spacial score (nSPS) is 12.7. The summed E-state index contributed by atoms with van der Waals surface area (Å²) >= 11 is 1.80. The van der Waals surface area contributed by atoms with Gasteiger partial charge in [-0.3, -0.25) is 4.79 Å². The molecule has 37 heavy (non-hydrogen) atoms. The number of hydrogen-bond donors (Lipinski definition) is 1. The van der Waals surface area contributed by atoms with E-state index in [1.165, 1.54) is 76.2 Å². The standard InChI is InChI=1S/C32H46N2O2S/c1-2-3-4-5-6-7-8-9-10-11-12-13-21-36-31-19-15-16-28(24-31)25-32(35)33-30-18-14-17-29(23-30)26-34-20-22-37-27-34/h14-20,22-24H,2-13,21,25-27H2,1H3,(H,33,35). The average Bonchev–Trinajstić information content (AvgIpc) is 3.40. The highest BCUT2D eigenvalue weighted by atomic mass is 32.2. The molecule has 1 aliphatic heterocycles. The second-order valence-corrected chi connectivity index (χ2v) is 11.0. The maximum absolute atomic E-state index is 12.7. The molecular weight excluding hydrogens is 476 g/mol. The van der Waals surface area contributed by atoms with Crippen LogP contribution in [0.4, 0.5) is 5.69 Å². The fourth-order valence-corrected chi connectivity index (χ4v) is 5.37. The van der Waals surface area contributed by atoms with Gasteiger partial charge in [-0.25, -0.2) is 0 Å². The molecule has 2 aromatic rings. The van der Waals surface area contributed by atoms with Crippen molar-refractivity contribution < 1.29 is 9.53 Å². The van der Waals surface area contributed by atoms with Crippen LogP contribution in [0.5, 0.6) is 5.75 Å². The zero-order chi connectivity index (χ0) is 26.0. The Morgan fingerprint density at radius 3 is 2.24 bits per heavy atom. The summed E-state index contributed by atoms with van der Waals surface area (Å²) in [6, 6.07) is 16.1. The van der Waals surface area contributed by atoms with Gasteiger partial charge in [0.2, 0.25) is 5.91 Å². The Kier molecular flexibility index (Phi) is 14.1. The van der Waals surface area contributed by atoms with Gasteiger partial charge in [-0.15, -0.1) is 11.8 Å². The number of benzene rings is 2. The van der Waals surface area contributed by atoms with Crippen molar-refractivity contribution in [2.45, 2.75) is 96.9 Å². The quantitative estimate of drug-likeness (QED) is 0.187. The summed E-state index contributed by atoms with van der Waals surface area (Å²) in [6.45, 7) is 3.87. The highest BCUT2D eigenvalue weighted by Gasteiger charge is 2.09. The number of carbonyl (C=O) groups is 1. The number of carbonyl (C=O) groups excluding carboxylic acids is 1. The van der Waals surface area contributed by atoms with Gasteiger partial charge in [0.15, 0.2) is 0 Å². The zero-order valence-electron chi connectivity index (χ0n) is 22.8. The van der Waals surface area contributed by atoms with Gasteiger partial charge >= 0.3 is 0 Å². The lowest BCUT2D eigenvalue weighted by Crippen LogP contribution is -2.15. The zero-order valence-corrected chi connectivity index (χ0v) is 23.6. The smallest absolute Gasteiger partial charge is 0.228 e. The molecule has 0 saturated heterocycles. The molecule has 1 heterocycles. The number of amides is 1. The molecule has 1 N–H and O–H groups in total. The molecule has 2 aromatic carbocycles. The van der Waals surface area contributed by atoms with E-state index in [1.807, 2.05) is 36.4 Å². The molecule has 1 amide bonds. The van der Waals surface area contributed by atoms with Crippen LogP contribution in [-0.4, -0.2) is 23.3 Å². The first kappa shape index (κ1) is 29.2. The predicted octanol–water partition coefficient (Wildman–Crippen LogP) is 8.93. The number of hydrogen-bond acceptors (Lipinski definition) is 4. The van der Waals surface area contributed by atoms with Gasteiger partial charge in [0.05, 0.1) is 18.9 Å². The van der Waals surface area contributed by atoms with Crippen molar-refractivity contribution in [1.29, 1.82) is 0 Å². The Hall–Kier alpha value is -2.40. The van der Waals surface area contributed by atoms with Gasteiger partial charge in [-0.1, -0.05) is 102 Å². The van der Waals surface area contributed by atoms with E-state index in [0.717, 1.165) is 42.4 Å². The molecule has 202 valence electrons. The van der Waals surface area contributed by atoms with E-state index in [4.69, 9.17) is 4.74 Å². The second-order valence-electron chi connectivity index (χ2n) is 10.1. The van der Waals surface area contributed by atoms with Crippen LogP contribution in [0, 0.1) is 0 Å². The number of anilines is 1. The Morgan fingerprint density at radius 1 is 0.865 bits per heavy atom. The number of thioether (sulfide) groups is 1. The van der Waals surface area contributed by atoms with Crippen molar-refractivity contribution in [3.05, 3.63) is 71.3 Å². The summed E-state index contributed by atoms with van der Waals surface area (Å²) in [7, 11) is 0. The van der Waals surface area contributed by atoms with Crippen LogP contribution in [0.3, 0.4) is 0 Å². The Morgan fingerprint density at radius 2 is 1.54 bits per heavy atom. The first-order valence-electron chi connectivity index (χ1n) is 14.4. The largest absolute Gasteiger partial charge is 0.494 e. The maximum Gasteiger partial charge on any atom is 0.228 e.